The van der Waals surface area contributed by atoms with Gasteiger partial charge in [0.1, 0.15) is 5.76 Å². The molecule has 0 bridgehead atoms. The van der Waals surface area contributed by atoms with Crippen molar-refractivity contribution in [2.75, 3.05) is 6.61 Å². The summed E-state index contributed by atoms with van der Waals surface area (Å²) in [7, 11) is 0. The van der Waals surface area contributed by atoms with Gasteiger partial charge in [0.25, 0.3) is 0 Å². The van der Waals surface area contributed by atoms with Gasteiger partial charge in [-0.1, -0.05) is 38.4 Å². The van der Waals surface area contributed by atoms with E-state index in [4.69, 9.17) is 9.26 Å². The van der Waals surface area contributed by atoms with Crippen LogP contribution in [0.3, 0.4) is 0 Å². The van der Waals surface area contributed by atoms with E-state index in [1.165, 1.54) is 24.5 Å². The highest BCUT2D eigenvalue weighted by Gasteiger charge is 2.64. The first kappa shape index (κ1) is 23.5. The predicted molar refractivity (Wildman–Crippen MR) is 132 cm³/mol. The maximum atomic E-state index is 14.2. The zero-order valence-corrected chi connectivity index (χ0v) is 22.1. The Morgan fingerprint density at radius 3 is 2.66 bits per heavy atom. The van der Waals surface area contributed by atoms with Gasteiger partial charge < -0.3 is 9.26 Å². The number of carbonyl (C=O) groups is 2. The number of hydrogen-bond acceptors (Lipinski definition) is 5. The summed E-state index contributed by atoms with van der Waals surface area (Å²) in [6.45, 7) is 11.6. The summed E-state index contributed by atoms with van der Waals surface area (Å²) in [5, 5.41) is 4.09. The van der Waals surface area contributed by atoms with Crippen LogP contribution in [0.25, 0.3) is 0 Å². The highest BCUT2D eigenvalue weighted by Crippen LogP contribution is 2.69. The molecule has 0 N–H and O–H groups in total. The minimum Gasteiger partial charge on any atom is -0.465 e. The molecule has 0 spiro atoms. The molecule has 5 heteroatoms. The van der Waals surface area contributed by atoms with Gasteiger partial charge >= 0.3 is 5.97 Å². The number of nitrogens with zero attached hydrogens (tertiary/aromatic N) is 1. The molecular formula is C30H41NO4. The standard InChI is InChI=1S/C30H41NO4/c1-18(32)34-17-30-9-7-21-26(22(30)15-27(2,3)10-11-30)23(33)13-25-28(21,4)8-6-20-12-24-19(16-31-35-24)14-29(20,25)5/h13,16,20-22,26H,6-12,14-15,17H2,1-5H3. The molecule has 5 aliphatic rings. The average molecular weight is 480 g/mol. The normalized spacial score (nSPS) is 43.6. The van der Waals surface area contributed by atoms with E-state index < -0.39 is 0 Å². The van der Waals surface area contributed by atoms with Crippen LogP contribution in [0.4, 0.5) is 0 Å². The number of aromatic nitrogens is 1. The lowest BCUT2D eigenvalue weighted by atomic mass is 9.39. The zero-order chi connectivity index (χ0) is 24.8. The van der Waals surface area contributed by atoms with E-state index in [1.807, 2.05) is 6.20 Å². The monoisotopic (exact) mass is 479 g/mol. The molecule has 0 aliphatic heterocycles. The van der Waals surface area contributed by atoms with Crippen LogP contribution in [-0.2, 0) is 27.2 Å². The van der Waals surface area contributed by atoms with Gasteiger partial charge in [-0.05, 0) is 91.4 Å². The Hall–Kier alpha value is -1.91. The van der Waals surface area contributed by atoms with Crippen LogP contribution in [0, 0.1) is 45.3 Å². The van der Waals surface area contributed by atoms with Crippen molar-refractivity contribution in [1.82, 2.24) is 5.16 Å². The Labute approximate surface area is 209 Å². The third-order valence-corrected chi connectivity index (χ3v) is 11.5. The topological polar surface area (TPSA) is 69.4 Å². The van der Waals surface area contributed by atoms with E-state index >= 15 is 0 Å². The van der Waals surface area contributed by atoms with Crippen molar-refractivity contribution in [2.45, 2.75) is 92.4 Å². The Kier molecular flexibility index (Phi) is 5.07. The number of ketones is 1. The fraction of sp³-hybridized carbons (Fsp3) is 0.767. The van der Waals surface area contributed by atoms with Gasteiger partial charge in [-0.25, -0.2) is 0 Å². The highest BCUT2D eigenvalue weighted by molar-refractivity contribution is 5.95. The second-order valence-corrected chi connectivity index (χ2v) is 14.0. The van der Waals surface area contributed by atoms with Crippen molar-refractivity contribution in [2.24, 2.45) is 45.3 Å². The first-order valence-electron chi connectivity index (χ1n) is 13.8. The van der Waals surface area contributed by atoms with Crippen molar-refractivity contribution in [3.8, 4) is 0 Å². The molecule has 1 heterocycles. The third kappa shape index (κ3) is 3.35. The lowest BCUT2D eigenvalue weighted by Crippen LogP contribution is -2.60. The Morgan fingerprint density at radius 1 is 1.09 bits per heavy atom. The van der Waals surface area contributed by atoms with Gasteiger partial charge in [0.05, 0.1) is 12.8 Å². The van der Waals surface area contributed by atoms with Crippen molar-refractivity contribution >= 4 is 11.8 Å². The molecule has 6 rings (SSSR count). The number of hydrogen-bond donors (Lipinski definition) is 0. The largest absolute Gasteiger partial charge is 0.465 e. The lowest BCUT2D eigenvalue weighted by molar-refractivity contribution is -0.165. The molecule has 3 fully saturated rings. The molecule has 0 radical (unpaired) electrons. The van der Waals surface area contributed by atoms with Crippen molar-refractivity contribution in [3.05, 3.63) is 29.2 Å². The van der Waals surface area contributed by atoms with Crippen LogP contribution < -0.4 is 0 Å². The fourth-order valence-corrected chi connectivity index (χ4v) is 9.55. The van der Waals surface area contributed by atoms with E-state index in [1.54, 1.807) is 0 Å². The first-order chi connectivity index (χ1) is 16.5. The van der Waals surface area contributed by atoms with Crippen LogP contribution in [0.2, 0.25) is 0 Å². The quantitative estimate of drug-likeness (QED) is 0.479. The number of carbonyl (C=O) groups excluding carboxylic acids is 2. The Balaban J connectivity index is 1.41. The van der Waals surface area contributed by atoms with E-state index in [9.17, 15) is 9.59 Å². The van der Waals surface area contributed by atoms with Gasteiger partial charge in [0, 0.05) is 30.2 Å². The van der Waals surface area contributed by atoms with Crippen LogP contribution in [0.1, 0.15) is 90.9 Å². The van der Waals surface area contributed by atoms with Gasteiger partial charge in [-0.3, -0.25) is 9.59 Å². The van der Waals surface area contributed by atoms with Crippen molar-refractivity contribution in [3.63, 3.8) is 0 Å². The maximum absolute atomic E-state index is 14.2. The summed E-state index contributed by atoms with van der Waals surface area (Å²) in [6.07, 6.45) is 13.5. The second kappa shape index (κ2) is 7.55. The van der Waals surface area contributed by atoms with Crippen LogP contribution in [-0.4, -0.2) is 23.5 Å². The molecule has 35 heavy (non-hydrogen) atoms. The Bertz CT molecular complexity index is 1100. The van der Waals surface area contributed by atoms with Gasteiger partial charge in [0.2, 0.25) is 0 Å². The smallest absolute Gasteiger partial charge is 0.302 e. The number of rotatable bonds is 2. The number of ether oxygens (including phenoxy) is 1. The molecule has 1 aromatic rings. The highest BCUT2D eigenvalue weighted by atomic mass is 16.5. The molecule has 5 aliphatic carbocycles. The Morgan fingerprint density at radius 2 is 1.89 bits per heavy atom. The molecule has 7 unspecified atom stereocenters. The van der Waals surface area contributed by atoms with E-state index in [2.05, 4.69) is 38.9 Å². The summed E-state index contributed by atoms with van der Waals surface area (Å²) < 4.78 is 11.3. The van der Waals surface area contributed by atoms with Crippen molar-refractivity contribution in [1.29, 1.82) is 0 Å². The number of allylic oxidation sites excluding steroid dienone is 2. The third-order valence-electron chi connectivity index (χ3n) is 11.5. The second-order valence-electron chi connectivity index (χ2n) is 14.0. The molecular weight excluding hydrogens is 438 g/mol. The first-order valence-corrected chi connectivity index (χ1v) is 13.8. The summed E-state index contributed by atoms with van der Waals surface area (Å²) in [5.74, 6) is 2.40. The maximum Gasteiger partial charge on any atom is 0.302 e. The van der Waals surface area contributed by atoms with Crippen LogP contribution in [0.15, 0.2) is 22.4 Å². The van der Waals surface area contributed by atoms with E-state index in [0.717, 1.165) is 57.1 Å². The van der Waals surface area contributed by atoms with E-state index in [-0.39, 0.29) is 39.5 Å². The molecule has 0 amide bonds. The predicted octanol–water partition coefficient (Wildman–Crippen LogP) is 6.11. The molecule has 0 aromatic carbocycles. The summed E-state index contributed by atoms with van der Waals surface area (Å²) in [4.78, 5) is 26.0. The van der Waals surface area contributed by atoms with Gasteiger partial charge in [0.15, 0.2) is 5.78 Å². The molecule has 1 aromatic heterocycles. The molecule has 5 nitrogen and oxygen atoms in total. The summed E-state index contributed by atoms with van der Waals surface area (Å²) in [5.41, 5.74) is 2.83. The fourth-order valence-electron chi connectivity index (χ4n) is 9.55. The summed E-state index contributed by atoms with van der Waals surface area (Å²) in [6, 6.07) is 0. The van der Waals surface area contributed by atoms with Gasteiger partial charge in [-0.2, -0.15) is 0 Å². The SMILES string of the molecule is CC(=O)OCC12CCC3C(C(=O)C=C4C5(C)Cc6cnoc6CC5CCC43C)C1CC(C)(C)CC2. The minimum atomic E-state index is -0.203. The molecule has 7 atom stereocenters. The minimum absolute atomic E-state index is 0.00963. The number of esters is 1. The van der Waals surface area contributed by atoms with E-state index in [0.29, 0.717) is 24.2 Å². The van der Waals surface area contributed by atoms with Crippen LogP contribution >= 0.6 is 0 Å². The average Bonchev–Trinajstić information content (AvgIpc) is 3.24. The number of fused-ring (bicyclic) bond motifs is 8. The van der Waals surface area contributed by atoms with Gasteiger partial charge in [-0.15, -0.1) is 0 Å². The molecule has 3 saturated carbocycles. The zero-order valence-electron chi connectivity index (χ0n) is 22.1. The van der Waals surface area contributed by atoms with Crippen LogP contribution in [0.5, 0.6) is 0 Å². The molecule has 0 saturated heterocycles. The molecule has 190 valence electrons. The summed E-state index contributed by atoms with van der Waals surface area (Å²) >= 11 is 0. The van der Waals surface area contributed by atoms with Crippen molar-refractivity contribution < 1.29 is 18.8 Å². The lowest BCUT2D eigenvalue weighted by Gasteiger charge is -2.64.